The molecule has 1 saturated carbocycles. The normalized spacial score (nSPS) is 14.9. The van der Waals surface area contributed by atoms with E-state index in [1.807, 2.05) is 61.5 Å². The first kappa shape index (κ1) is 21.9. The van der Waals surface area contributed by atoms with Crippen LogP contribution in [-0.2, 0) is 22.6 Å². The highest BCUT2D eigenvalue weighted by atomic mass is 16.5. The smallest absolute Gasteiger partial charge is 0.243 e. The van der Waals surface area contributed by atoms with Gasteiger partial charge in [0.25, 0.3) is 0 Å². The van der Waals surface area contributed by atoms with Crippen LogP contribution in [-0.4, -0.2) is 35.9 Å². The first-order valence-corrected chi connectivity index (χ1v) is 10.9. The first-order chi connectivity index (χ1) is 14.6. The second-order valence-corrected chi connectivity index (χ2v) is 7.95. The third-order valence-electron chi connectivity index (χ3n) is 5.77. The van der Waals surface area contributed by atoms with Crippen LogP contribution in [0.1, 0.15) is 50.2 Å². The Balaban J connectivity index is 1.81. The number of nitrogens with one attached hydrogen (secondary N) is 1. The Labute approximate surface area is 179 Å². The van der Waals surface area contributed by atoms with Gasteiger partial charge in [0.05, 0.1) is 13.5 Å². The van der Waals surface area contributed by atoms with Crippen molar-refractivity contribution in [3.63, 3.8) is 0 Å². The van der Waals surface area contributed by atoms with Crippen molar-refractivity contribution in [2.45, 2.75) is 64.1 Å². The van der Waals surface area contributed by atoms with Gasteiger partial charge in [0, 0.05) is 12.6 Å². The van der Waals surface area contributed by atoms with Crippen molar-refractivity contribution in [1.29, 1.82) is 0 Å². The summed E-state index contributed by atoms with van der Waals surface area (Å²) in [6, 6.07) is 17.1. The lowest BCUT2D eigenvalue weighted by Gasteiger charge is -2.31. The summed E-state index contributed by atoms with van der Waals surface area (Å²) < 4.78 is 5.33. The second kappa shape index (κ2) is 10.8. The van der Waals surface area contributed by atoms with E-state index in [1.54, 1.807) is 12.0 Å². The molecule has 2 aromatic carbocycles. The average Bonchev–Trinajstić information content (AvgIpc) is 3.27. The molecule has 1 N–H and O–H groups in total. The maximum absolute atomic E-state index is 13.3. The molecule has 0 aromatic heterocycles. The van der Waals surface area contributed by atoms with Crippen LogP contribution >= 0.6 is 0 Å². The molecule has 5 heteroatoms. The number of carbonyl (C=O) groups is 2. The molecule has 1 aliphatic carbocycles. The summed E-state index contributed by atoms with van der Waals surface area (Å²) in [5, 5.41) is 3.18. The Morgan fingerprint density at radius 2 is 1.77 bits per heavy atom. The van der Waals surface area contributed by atoms with Crippen molar-refractivity contribution in [2.24, 2.45) is 0 Å². The van der Waals surface area contributed by atoms with Gasteiger partial charge in [-0.1, -0.05) is 62.2 Å². The monoisotopic (exact) mass is 408 g/mol. The lowest BCUT2D eigenvalue weighted by molar-refractivity contribution is -0.141. The minimum atomic E-state index is -0.493. The fourth-order valence-electron chi connectivity index (χ4n) is 4.13. The maximum Gasteiger partial charge on any atom is 0.243 e. The molecule has 0 saturated heterocycles. The van der Waals surface area contributed by atoms with Crippen molar-refractivity contribution in [3.8, 4) is 5.75 Å². The van der Waals surface area contributed by atoms with Gasteiger partial charge in [-0.2, -0.15) is 0 Å². The van der Waals surface area contributed by atoms with Gasteiger partial charge in [0.1, 0.15) is 11.8 Å². The van der Waals surface area contributed by atoms with Gasteiger partial charge < -0.3 is 15.0 Å². The van der Waals surface area contributed by atoms with Crippen LogP contribution in [0.3, 0.4) is 0 Å². The van der Waals surface area contributed by atoms with Crippen LogP contribution in [0.2, 0.25) is 0 Å². The molecule has 0 heterocycles. The molecular weight excluding hydrogens is 376 g/mol. The number of rotatable bonds is 9. The number of ether oxygens (including phenoxy) is 1. The number of methoxy groups -OCH3 is 1. The van der Waals surface area contributed by atoms with Gasteiger partial charge in [-0.05, 0) is 42.5 Å². The van der Waals surface area contributed by atoms with Gasteiger partial charge >= 0.3 is 0 Å². The van der Waals surface area contributed by atoms with Gasteiger partial charge in [0.2, 0.25) is 11.8 Å². The molecule has 0 aliphatic heterocycles. The SMILES string of the molecule is CCC(C(=O)NC1CCCC1)N(Cc1cccc(OC)c1)C(=O)Cc1ccccc1. The molecule has 1 unspecified atom stereocenters. The summed E-state index contributed by atoms with van der Waals surface area (Å²) in [6.07, 6.45) is 5.21. The van der Waals surface area contributed by atoms with Crippen molar-refractivity contribution in [3.05, 3.63) is 65.7 Å². The van der Waals surface area contributed by atoms with Gasteiger partial charge in [-0.25, -0.2) is 0 Å². The molecule has 3 rings (SSSR count). The number of nitrogens with zero attached hydrogens (tertiary/aromatic N) is 1. The van der Waals surface area contributed by atoms with Crippen molar-refractivity contribution in [2.75, 3.05) is 7.11 Å². The highest BCUT2D eigenvalue weighted by Gasteiger charge is 2.30. The zero-order valence-electron chi connectivity index (χ0n) is 18.0. The molecule has 1 atom stereocenters. The number of hydrogen-bond acceptors (Lipinski definition) is 3. The third kappa shape index (κ3) is 5.85. The lowest BCUT2D eigenvalue weighted by Crippen LogP contribution is -2.51. The molecule has 2 aromatic rings. The predicted molar refractivity (Wildman–Crippen MR) is 118 cm³/mol. The molecule has 2 amide bonds. The van der Waals surface area contributed by atoms with Crippen molar-refractivity contribution >= 4 is 11.8 Å². The average molecular weight is 409 g/mol. The van der Waals surface area contributed by atoms with E-state index < -0.39 is 6.04 Å². The van der Waals surface area contributed by atoms with Gasteiger partial charge in [-0.15, -0.1) is 0 Å². The minimum Gasteiger partial charge on any atom is -0.497 e. The van der Waals surface area contributed by atoms with Crippen molar-refractivity contribution in [1.82, 2.24) is 10.2 Å². The van der Waals surface area contributed by atoms with E-state index in [9.17, 15) is 9.59 Å². The standard InChI is InChI=1S/C25H32N2O3/c1-3-23(25(29)26-21-13-7-8-14-21)27(18-20-12-9-15-22(16-20)30-2)24(28)17-19-10-5-4-6-11-19/h4-6,9-12,15-16,21,23H,3,7-8,13-14,17-18H2,1-2H3,(H,26,29). The molecule has 1 fully saturated rings. The number of carbonyl (C=O) groups excluding carboxylic acids is 2. The fourth-order valence-corrected chi connectivity index (χ4v) is 4.13. The van der Waals surface area contributed by atoms with Crippen LogP contribution in [0.4, 0.5) is 0 Å². The Kier molecular flexibility index (Phi) is 7.89. The van der Waals surface area contributed by atoms with Crippen LogP contribution in [0.25, 0.3) is 0 Å². The predicted octanol–water partition coefficient (Wildman–Crippen LogP) is 4.10. The molecule has 0 spiro atoms. The summed E-state index contributed by atoms with van der Waals surface area (Å²) >= 11 is 0. The minimum absolute atomic E-state index is 0.0440. The molecular formula is C25H32N2O3. The summed E-state index contributed by atoms with van der Waals surface area (Å²) in [6.45, 7) is 2.34. The Hall–Kier alpha value is -2.82. The molecule has 0 radical (unpaired) electrons. The van der Waals surface area contributed by atoms with Crippen LogP contribution in [0, 0.1) is 0 Å². The molecule has 0 bridgehead atoms. The summed E-state index contributed by atoms with van der Waals surface area (Å²) in [5.74, 6) is 0.651. The molecule has 1 aliphatic rings. The van der Waals surface area contributed by atoms with Crippen LogP contribution < -0.4 is 10.1 Å². The number of amides is 2. The molecule has 160 valence electrons. The Morgan fingerprint density at radius 1 is 1.07 bits per heavy atom. The van der Waals surface area contributed by atoms with Crippen LogP contribution in [0.5, 0.6) is 5.75 Å². The zero-order valence-corrected chi connectivity index (χ0v) is 18.0. The largest absolute Gasteiger partial charge is 0.497 e. The number of benzene rings is 2. The fraction of sp³-hybridized carbons (Fsp3) is 0.440. The van der Waals surface area contributed by atoms with E-state index in [0.717, 1.165) is 42.6 Å². The van der Waals surface area contributed by atoms with E-state index in [1.165, 1.54) is 0 Å². The summed E-state index contributed by atoms with van der Waals surface area (Å²) in [7, 11) is 1.63. The van der Waals surface area contributed by atoms with E-state index >= 15 is 0 Å². The molecule has 5 nitrogen and oxygen atoms in total. The third-order valence-corrected chi connectivity index (χ3v) is 5.77. The number of hydrogen-bond donors (Lipinski definition) is 1. The van der Waals surface area contributed by atoms with E-state index in [-0.39, 0.29) is 24.3 Å². The van der Waals surface area contributed by atoms with E-state index in [4.69, 9.17) is 4.74 Å². The summed E-state index contributed by atoms with van der Waals surface area (Å²) in [4.78, 5) is 28.2. The van der Waals surface area contributed by atoms with E-state index in [2.05, 4.69) is 5.32 Å². The first-order valence-electron chi connectivity index (χ1n) is 10.9. The zero-order chi connectivity index (χ0) is 21.3. The van der Waals surface area contributed by atoms with Gasteiger partial charge in [0.15, 0.2) is 0 Å². The van der Waals surface area contributed by atoms with Gasteiger partial charge in [-0.3, -0.25) is 9.59 Å². The molecule has 30 heavy (non-hydrogen) atoms. The van der Waals surface area contributed by atoms with E-state index in [0.29, 0.717) is 13.0 Å². The van der Waals surface area contributed by atoms with Crippen molar-refractivity contribution < 1.29 is 14.3 Å². The van der Waals surface area contributed by atoms with Crippen LogP contribution in [0.15, 0.2) is 54.6 Å². The maximum atomic E-state index is 13.3. The Bertz CT molecular complexity index is 831. The topological polar surface area (TPSA) is 58.6 Å². The highest BCUT2D eigenvalue weighted by Crippen LogP contribution is 2.21. The Morgan fingerprint density at radius 3 is 2.43 bits per heavy atom. The highest BCUT2D eigenvalue weighted by molar-refractivity contribution is 5.88. The quantitative estimate of drug-likeness (QED) is 0.679. The lowest BCUT2D eigenvalue weighted by atomic mass is 10.1. The second-order valence-electron chi connectivity index (χ2n) is 7.95. The summed E-state index contributed by atoms with van der Waals surface area (Å²) in [5.41, 5.74) is 1.90.